The molecule has 0 aliphatic carbocycles. The van der Waals surface area contributed by atoms with Crippen LogP contribution < -0.4 is 11.5 Å². The maximum atomic E-state index is 11.0. The van der Waals surface area contributed by atoms with Gasteiger partial charge in [0.25, 0.3) is 5.91 Å². The number of nitrogens with two attached hydrogens (primary N) is 2. The van der Waals surface area contributed by atoms with Gasteiger partial charge in [0.05, 0.1) is 12.9 Å². The third-order valence-electron chi connectivity index (χ3n) is 2.86. The summed E-state index contributed by atoms with van der Waals surface area (Å²) in [6.07, 6.45) is -3.32. The Bertz CT molecular complexity index is 462. The van der Waals surface area contributed by atoms with Crippen LogP contribution in [-0.2, 0) is 4.74 Å². The molecule has 2 heterocycles. The first-order valence-corrected chi connectivity index (χ1v) is 5.22. The number of primary amides is 1. The SMILES string of the molecule is NC(=O)[13c]1[15n]cn([C@@H]2O[C@H](CO)C(O)[C@@H]2O)[13c]1N. The minimum absolute atomic E-state index is 0.0719. The average Bonchev–Trinajstić information content (AvgIpc) is 2.82. The molecule has 9 heteroatoms. The van der Waals surface area contributed by atoms with E-state index in [0.717, 1.165) is 0 Å². The van der Waals surface area contributed by atoms with Gasteiger partial charge in [0, 0.05) is 0 Å². The standard InChI is InChI=1S/C9H14N4O5/c10-7-4(8(11)17)12-2-13(7)9-6(16)5(15)3(1-14)18-9/h2-3,5-6,9,14-16H,1,10H2,(H2,11,17)/t3-,5?,6+,9-/m1/s1/i4+1,7+1,12+1. The van der Waals surface area contributed by atoms with E-state index in [1.54, 1.807) is 0 Å². The Morgan fingerprint density at radius 2 is 2.17 bits per heavy atom. The Kier molecular flexibility index (Phi) is 3.22. The fourth-order valence-electron chi connectivity index (χ4n) is 1.87. The van der Waals surface area contributed by atoms with E-state index >= 15 is 0 Å². The lowest BCUT2D eigenvalue weighted by Crippen LogP contribution is -2.33. The zero-order chi connectivity index (χ0) is 13.4. The second-order valence-electron chi connectivity index (χ2n) is 3.98. The predicted molar refractivity (Wildman–Crippen MR) is 58.2 cm³/mol. The first kappa shape index (κ1) is 12.8. The number of imidazole rings is 1. The molecule has 100 valence electrons. The Morgan fingerprint density at radius 3 is 2.61 bits per heavy atom. The van der Waals surface area contributed by atoms with E-state index in [9.17, 15) is 15.0 Å². The molecule has 0 aromatic carbocycles. The second kappa shape index (κ2) is 4.53. The number of rotatable bonds is 3. The lowest BCUT2D eigenvalue weighted by Gasteiger charge is -2.17. The van der Waals surface area contributed by atoms with Crippen LogP contribution in [0.3, 0.4) is 0 Å². The van der Waals surface area contributed by atoms with Gasteiger partial charge < -0.3 is 31.5 Å². The molecule has 4 atom stereocenters. The Hall–Kier alpha value is -1.68. The number of hydrogen-bond donors (Lipinski definition) is 5. The van der Waals surface area contributed by atoms with Crippen LogP contribution >= 0.6 is 0 Å². The topological polar surface area (TPSA) is 157 Å². The van der Waals surface area contributed by atoms with E-state index in [4.69, 9.17) is 21.3 Å². The first-order chi connectivity index (χ1) is 8.47. The molecule has 2 rings (SSSR count). The van der Waals surface area contributed by atoms with Gasteiger partial charge in [0.2, 0.25) is 0 Å². The molecule has 0 spiro atoms. The van der Waals surface area contributed by atoms with Crippen molar-refractivity contribution in [1.29, 1.82) is 0 Å². The average molecular weight is 261 g/mol. The first-order valence-electron chi connectivity index (χ1n) is 5.22. The van der Waals surface area contributed by atoms with Crippen molar-refractivity contribution >= 4 is 11.7 Å². The van der Waals surface area contributed by atoms with Crippen molar-refractivity contribution in [1.82, 2.24) is 9.55 Å². The summed E-state index contributed by atoms with van der Waals surface area (Å²) in [6, 6.07) is 0. The van der Waals surface area contributed by atoms with E-state index < -0.39 is 37.1 Å². The number of aliphatic hydroxyl groups excluding tert-OH is 3. The fraction of sp³-hybridized carbons (Fsp3) is 0.556. The number of anilines is 1. The van der Waals surface area contributed by atoms with Crippen LogP contribution in [0.2, 0.25) is 0 Å². The van der Waals surface area contributed by atoms with Gasteiger partial charge >= 0.3 is 0 Å². The van der Waals surface area contributed by atoms with Crippen molar-refractivity contribution < 1.29 is 24.9 Å². The van der Waals surface area contributed by atoms with E-state index in [0.29, 0.717) is 0 Å². The highest BCUT2D eigenvalue weighted by molar-refractivity contribution is 5.95. The molecule has 7 N–H and O–H groups in total. The van der Waals surface area contributed by atoms with Crippen molar-refractivity contribution in [3.05, 3.63) is 12.0 Å². The highest BCUT2D eigenvalue weighted by Gasteiger charge is 2.44. The summed E-state index contributed by atoms with van der Waals surface area (Å²) in [4.78, 5) is 14.7. The lowest BCUT2D eigenvalue weighted by atomic mass is 10.1. The van der Waals surface area contributed by atoms with Crippen LogP contribution in [0.1, 0.15) is 16.7 Å². The van der Waals surface area contributed by atoms with Gasteiger partial charge in [-0.05, 0) is 0 Å². The van der Waals surface area contributed by atoms with E-state index in [1.807, 2.05) is 0 Å². The molecule has 1 aliphatic heterocycles. The van der Waals surface area contributed by atoms with Crippen LogP contribution in [0.25, 0.3) is 0 Å². The zero-order valence-corrected chi connectivity index (χ0v) is 9.30. The summed E-state index contributed by atoms with van der Waals surface area (Å²) in [5.74, 6) is -0.879. The summed E-state index contributed by atoms with van der Waals surface area (Å²) < 4.78 is 6.42. The largest absolute Gasteiger partial charge is 0.394 e. The molecular formula is C9H14N4O5. The van der Waals surface area contributed by atoms with Crippen molar-refractivity contribution in [3.8, 4) is 0 Å². The molecule has 9 nitrogen and oxygen atoms in total. The van der Waals surface area contributed by atoms with E-state index in [2.05, 4.69) is 4.98 Å². The Labute approximate surface area is 102 Å². The third-order valence-corrected chi connectivity index (χ3v) is 2.86. The number of amides is 1. The number of aromatic nitrogens is 2. The lowest BCUT2D eigenvalue weighted by molar-refractivity contribution is -0.0518. The molecule has 0 bridgehead atoms. The van der Waals surface area contributed by atoms with Gasteiger partial charge in [-0.1, -0.05) is 0 Å². The molecule has 1 amide bonds. The number of carbonyl (C=O) groups is 1. The summed E-state index contributed by atoms with van der Waals surface area (Å²) in [7, 11) is 0. The van der Waals surface area contributed by atoms with Gasteiger partial charge in [-0.15, -0.1) is 0 Å². The monoisotopic (exact) mass is 261 g/mol. The van der Waals surface area contributed by atoms with Crippen LogP contribution in [-0.4, -0.2) is 55.7 Å². The molecule has 1 saturated heterocycles. The minimum Gasteiger partial charge on any atom is -0.394 e. The normalized spacial score (nSPS) is 31.7. The molecule has 1 aromatic heterocycles. The zero-order valence-electron chi connectivity index (χ0n) is 9.30. The predicted octanol–water partition coefficient (Wildman–Crippen LogP) is -2.82. The smallest absolute Gasteiger partial charge is 0.271 e. The molecule has 0 saturated carbocycles. The Balaban J connectivity index is 2.30. The fourth-order valence-corrected chi connectivity index (χ4v) is 1.87. The molecule has 1 aromatic rings. The summed E-state index contributed by atoms with van der Waals surface area (Å²) in [5, 5.41) is 28.3. The molecule has 18 heavy (non-hydrogen) atoms. The van der Waals surface area contributed by atoms with Gasteiger partial charge in [0.1, 0.15) is 24.1 Å². The number of ether oxygens (including phenoxy) is 1. The van der Waals surface area contributed by atoms with Crippen molar-refractivity contribution in [2.24, 2.45) is 5.73 Å². The van der Waals surface area contributed by atoms with Gasteiger partial charge in [0.15, 0.2) is 11.9 Å². The van der Waals surface area contributed by atoms with Crippen LogP contribution in [0.5, 0.6) is 0 Å². The second-order valence-corrected chi connectivity index (χ2v) is 3.98. The third kappa shape index (κ3) is 1.82. The molecule has 1 unspecified atom stereocenters. The number of nitrogen functional groups attached to an aromatic ring is 1. The van der Waals surface area contributed by atoms with Gasteiger partial charge in [-0.25, -0.2) is 4.98 Å². The van der Waals surface area contributed by atoms with Gasteiger partial charge in [-0.3, -0.25) is 9.36 Å². The van der Waals surface area contributed by atoms with Crippen LogP contribution in [0.15, 0.2) is 6.33 Å². The van der Waals surface area contributed by atoms with Crippen molar-refractivity contribution in [2.75, 3.05) is 12.3 Å². The molecule has 1 fully saturated rings. The van der Waals surface area contributed by atoms with Gasteiger partial charge in [-0.2, -0.15) is 0 Å². The number of hydrogen-bond acceptors (Lipinski definition) is 7. The summed E-state index contributed by atoms with van der Waals surface area (Å²) in [6.45, 7) is -0.452. The summed E-state index contributed by atoms with van der Waals surface area (Å²) in [5.41, 5.74) is 10.6. The summed E-state index contributed by atoms with van der Waals surface area (Å²) >= 11 is 0. The maximum Gasteiger partial charge on any atom is 0.271 e. The van der Waals surface area contributed by atoms with E-state index in [1.165, 1.54) is 10.9 Å². The molecular weight excluding hydrogens is 247 g/mol. The number of carbonyl (C=O) groups excluding carboxylic acids is 1. The van der Waals surface area contributed by atoms with E-state index in [-0.39, 0.29) is 11.5 Å². The van der Waals surface area contributed by atoms with Crippen molar-refractivity contribution in [2.45, 2.75) is 24.5 Å². The molecule has 0 radical (unpaired) electrons. The maximum absolute atomic E-state index is 11.0. The van der Waals surface area contributed by atoms with Crippen LogP contribution in [0.4, 0.5) is 5.82 Å². The number of nitrogens with zero attached hydrogens (tertiary/aromatic N) is 2. The highest BCUT2D eigenvalue weighted by atomic mass is 16.6. The minimum atomic E-state index is -1.29. The number of aliphatic hydroxyl groups is 3. The highest BCUT2D eigenvalue weighted by Crippen LogP contribution is 2.31. The van der Waals surface area contributed by atoms with Crippen LogP contribution in [0, 0.1) is 0 Å². The quantitative estimate of drug-likeness (QED) is 0.392. The van der Waals surface area contributed by atoms with Crippen molar-refractivity contribution in [3.63, 3.8) is 0 Å². The Morgan fingerprint density at radius 1 is 1.50 bits per heavy atom. The molecule has 1 aliphatic rings.